The van der Waals surface area contributed by atoms with Gasteiger partial charge in [0.25, 0.3) is 0 Å². The molecule has 0 spiro atoms. The highest BCUT2D eigenvalue weighted by Crippen LogP contribution is 2.41. The number of rotatable bonds is 8. The molecule has 30 heavy (non-hydrogen) atoms. The normalized spacial score (nSPS) is 11.5. The molecule has 0 radical (unpaired) electrons. The van der Waals surface area contributed by atoms with Crippen LogP contribution >= 0.6 is 0 Å². The predicted octanol–water partition coefficient (Wildman–Crippen LogP) is 4.66. The fraction of sp³-hybridized carbons (Fsp3) is 0.304. The minimum atomic E-state index is 0.0298. The summed E-state index contributed by atoms with van der Waals surface area (Å²) >= 11 is 0. The van der Waals surface area contributed by atoms with Gasteiger partial charge in [-0.25, -0.2) is 9.97 Å². The van der Waals surface area contributed by atoms with Crippen LogP contribution < -0.4 is 24.3 Å². The number of aryl methyl sites for hydroxylation is 1. The van der Waals surface area contributed by atoms with E-state index in [0.717, 1.165) is 28.4 Å². The molecule has 0 bridgehead atoms. The highest BCUT2D eigenvalue weighted by molar-refractivity contribution is 5.70. The van der Waals surface area contributed by atoms with Gasteiger partial charge in [-0.1, -0.05) is 12.1 Å². The van der Waals surface area contributed by atoms with Crippen molar-refractivity contribution in [2.75, 3.05) is 33.8 Å². The van der Waals surface area contributed by atoms with Crippen molar-refractivity contribution in [2.45, 2.75) is 19.9 Å². The summed E-state index contributed by atoms with van der Waals surface area (Å²) in [7, 11) is 6.43. The third-order valence-electron chi connectivity index (χ3n) is 4.76. The number of ether oxygens (including phenoxy) is 4. The van der Waals surface area contributed by atoms with Gasteiger partial charge in [0.15, 0.2) is 11.5 Å². The first-order valence-corrected chi connectivity index (χ1v) is 9.55. The van der Waals surface area contributed by atoms with Crippen LogP contribution in [0.1, 0.15) is 24.4 Å². The molecule has 1 atom stereocenters. The van der Waals surface area contributed by atoms with E-state index in [4.69, 9.17) is 18.9 Å². The van der Waals surface area contributed by atoms with Crippen molar-refractivity contribution >= 4 is 5.82 Å². The first-order valence-electron chi connectivity index (χ1n) is 9.55. The number of methoxy groups -OCH3 is 4. The van der Waals surface area contributed by atoms with Gasteiger partial charge in [0, 0.05) is 11.6 Å². The van der Waals surface area contributed by atoms with Crippen LogP contribution in [0.5, 0.6) is 23.0 Å². The average Bonchev–Trinajstić information content (AvgIpc) is 2.77. The monoisotopic (exact) mass is 409 g/mol. The molecule has 1 unspecified atom stereocenters. The minimum Gasteiger partial charge on any atom is -0.497 e. The second kappa shape index (κ2) is 9.35. The van der Waals surface area contributed by atoms with Gasteiger partial charge in [0.1, 0.15) is 17.4 Å². The Morgan fingerprint density at radius 1 is 0.833 bits per heavy atom. The Bertz CT molecular complexity index is 998. The van der Waals surface area contributed by atoms with E-state index in [0.29, 0.717) is 23.1 Å². The topological polar surface area (TPSA) is 74.7 Å². The molecule has 1 N–H and O–H groups in total. The van der Waals surface area contributed by atoms with Gasteiger partial charge in [-0.3, -0.25) is 0 Å². The highest BCUT2D eigenvalue weighted by atomic mass is 16.5. The molecule has 0 aliphatic carbocycles. The molecule has 1 heterocycles. The second-order valence-corrected chi connectivity index (χ2v) is 6.74. The summed E-state index contributed by atoms with van der Waals surface area (Å²) in [5.74, 6) is 3.88. The number of anilines is 1. The maximum atomic E-state index is 5.47. The quantitative estimate of drug-likeness (QED) is 0.580. The van der Waals surface area contributed by atoms with Crippen LogP contribution in [0.4, 0.5) is 5.82 Å². The van der Waals surface area contributed by atoms with E-state index in [9.17, 15) is 0 Å². The molecule has 0 amide bonds. The van der Waals surface area contributed by atoms with Gasteiger partial charge in [0.2, 0.25) is 5.75 Å². The lowest BCUT2D eigenvalue weighted by atomic mass is 10.1. The van der Waals surface area contributed by atoms with Crippen LogP contribution in [0, 0.1) is 6.92 Å². The molecule has 0 fully saturated rings. The predicted molar refractivity (Wildman–Crippen MR) is 117 cm³/mol. The third kappa shape index (κ3) is 4.56. The SMILES string of the molecule is COc1cccc(C(C)Nc2cc(-c3cc(OC)c(OC)c(OC)c3)nc(C)n2)c1. The van der Waals surface area contributed by atoms with Gasteiger partial charge >= 0.3 is 0 Å². The number of aromatic nitrogens is 2. The van der Waals surface area contributed by atoms with Crippen LogP contribution in [0.3, 0.4) is 0 Å². The summed E-state index contributed by atoms with van der Waals surface area (Å²) in [5.41, 5.74) is 2.69. The largest absolute Gasteiger partial charge is 0.497 e. The van der Waals surface area contributed by atoms with Crippen LogP contribution in [-0.2, 0) is 0 Å². The molecular formula is C23H27N3O4. The van der Waals surface area contributed by atoms with E-state index >= 15 is 0 Å². The molecule has 2 aromatic carbocycles. The summed E-state index contributed by atoms with van der Waals surface area (Å²) in [6.07, 6.45) is 0. The maximum Gasteiger partial charge on any atom is 0.203 e. The van der Waals surface area contributed by atoms with Crippen molar-refractivity contribution in [1.82, 2.24) is 9.97 Å². The van der Waals surface area contributed by atoms with Crippen molar-refractivity contribution in [2.24, 2.45) is 0 Å². The molecule has 158 valence electrons. The van der Waals surface area contributed by atoms with E-state index in [-0.39, 0.29) is 6.04 Å². The zero-order chi connectivity index (χ0) is 21.7. The molecule has 0 saturated heterocycles. The number of nitrogens with zero attached hydrogens (tertiary/aromatic N) is 2. The summed E-state index contributed by atoms with van der Waals surface area (Å²) in [6.45, 7) is 3.94. The number of hydrogen-bond donors (Lipinski definition) is 1. The van der Waals surface area contributed by atoms with Crippen LogP contribution in [0.2, 0.25) is 0 Å². The van der Waals surface area contributed by atoms with E-state index in [1.54, 1.807) is 28.4 Å². The maximum absolute atomic E-state index is 5.47. The Morgan fingerprint density at radius 2 is 1.53 bits per heavy atom. The van der Waals surface area contributed by atoms with Crippen LogP contribution in [0.15, 0.2) is 42.5 Å². The zero-order valence-electron chi connectivity index (χ0n) is 18.1. The lowest BCUT2D eigenvalue weighted by Gasteiger charge is -2.17. The molecule has 0 aliphatic heterocycles. The molecule has 7 heteroatoms. The minimum absolute atomic E-state index is 0.0298. The first-order chi connectivity index (χ1) is 14.5. The average molecular weight is 409 g/mol. The summed E-state index contributed by atoms with van der Waals surface area (Å²) < 4.78 is 21.7. The van der Waals surface area contributed by atoms with Crippen molar-refractivity contribution in [3.05, 3.63) is 53.9 Å². The lowest BCUT2D eigenvalue weighted by Crippen LogP contribution is -2.09. The Morgan fingerprint density at radius 3 is 2.13 bits per heavy atom. The molecule has 0 saturated carbocycles. The van der Waals surface area contributed by atoms with Gasteiger partial charge in [-0.15, -0.1) is 0 Å². The Kier molecular flexibility index (Phi) is 6.61. The number of nitrogens with one attached hydrogen (secondary N) is 1. The van der Waals surface area contributed by atoms with E-state index in [1.165, 1.54) is 0 Å². The Hall–Kier alpha value is -3.48. The molecule has 1 aromatic heterocycles. The summed E-state index contributed by atoms with van der Waals surface area (Å²) in [5, 5.41) is 3.45. The zero-order valence-corrected chi connectivity index (χ0v) is 18.1. The fourth-order valence-electron chi connectivity index (χ4n) is 3.23. The van der Waals surface area contributed by atoms with Gasteiger partial charge in [-0.05, 0) is 43.7 Å². The Balaban J connectivity index is 1.95. The Labute approximate surface area is 177 Å². The van der Waals surface area contributed by atoms with Crippen molar-refractivity contribution in [1.29, 1.82) is 0 Å². The molecule has 0 aliphatic rings. The van der Waals surface area contributed by atoms with Gasteiger partial charge in [-0.2, -0.15) is 0 Å². The molecule has 7 nitrogen and oxygen atoms in total. The smallest absolute Gasteiger partial charge is 0.203 e. The van der Waals surface area contributed by atoms with E-state index in [2.05, 4.69) is 22.2 Å². The number of hydrogen-bond acceptors (Lipinski definition) is 7. The molecule has 3 aromatic rings. The third-order valence-corrected chi connectivity index (χ3v) is 4.76. The lowest BCUT2D eigenvalue weighted by molar-refractivity contribution is 0.324. The molecular weight excluding hydrogens is 382 g/mol. The highest BCUT2D eigenvalue weighted by Gasteiger charge is 2.16. The number of benzene rings is 2. The second-order valence-electron chi connectivity index (χ2n) is 6.74. The van der Waals surface area contributed by atoms with Crippen molar-refractivity contribution in [3.63, 3.8) is 0 Å². The molecule has 3 rings (SSSR count). The van der Waals surface area contributed by atoms with Crippen LogP contribution in [0.25, 0.3) is 11.3 Å². The summed E-state index contributed by atoms with van der Waals surface area (Å²) in [4.78, 5) is 9.14. The van der Waals surface area contributed by atoms with E-state index in [1.807, 2.05) is 49.4 Å². The first kappa shape index (κ1) is 21.2. The van der Waals surface area contributed by atoms with E-state index < -0.39 is 0 Å². The van der Waals surface area contributed by atoms with Gasteiger partial charge in [0.05, 0.1) is 40.2 Å². The fourth-order valence-corrected chi connectivity index (χ4v) is 3.23. The van der Waals surface area contributed by atoms with Crippen molar-refractivity contribution < 1.29 is 18.9 Å². The summed E-state index contributed by atoms with van der Waals surface area (Å²) in [6, 6.07) is 13.6. The van der Waals surface area contributed by atoms with Crippen LogP contribution in [-0.4, -0.2) is 38.4 Å². The standard InChI is InChI=1S/C23H27N3O4/c1-14(16-8-7-9-18(10-16)27-3)24-22-13-19(25-15(2)26-22)17-11-20(28-4)23(30-6)21(12-17)29-5/h7-14H,1-6H3,(H,24,25,26). The van der Waals surface area contributed by atoms with Crippen molar-refractivity contribution in [3.8, 4) is 34.3 Å². The van der Waals surface area contributed by atoms with Gasteiger partial charge < -0.3 is 24.3 Å².